The lowest BCUT2D eigenvalue weighted by Crippen LogP contribution is -2.26. The molecule has 1 aliphatic heterocycles. The number of benzene rings is 1. The highest BCUT2D eigenvalue weighted by molar-refractivity contribution is 5.81. The second kappa shape index (κ2) is 8.19. The number of rotatable bonds is 5. The van der Waals surface area contributed by atoms with Crippen molar-refractivity contribution in [3.05, 3.63) is 90.7 Å². The number of pyridine rings is 1. The number of phenolic OH excluding ortho intramolecular Hbond substituents is 1. The molecule has 7 heteroatoms. The highest BCUT2D eigenvalue weighted by Crippen LogP contribution is 2.41. The fourth-order valence-corrected chi connectivity index (χ4v) is 3.98. The van der Waals surface area contributed by atoms with Crippen molar-refractivity contribution in [2.24, 2.45) is 0 Å². The number of hydrogen-bond donors (Lipinski definition) is 1. The first-order valence-corrected chi connectivity index (χ1v) is 10.4. The molecule has 5 rings (SSSR count). The van der Waals surface area contributed by atoms with Crippen molar-refractivity contribution in [3.8, 4) is 22.8 Å². The summed E-state index contributed by atoms with van der Waals surface area (Å²) < 4.78 is 18.8. The largest absolute Gasteiger partial charge is 0.504 e. The molecule has 3 aromatic rings. The maximum absolute atomic E-state index is 10.1. The Hall–Kier alpha value is -4.13. The minimum atomic E-state index is 0.0755. The standard InChI is InChI=1S/C25H23N3O4/c1-17-7-6-10-22-26-24(18-11-12-20(29)21(15-18)30-2)25(27(17)22)28(19-8-4-3-5-9-19)23-16-31-13-14-32-23/h3-4,6-8,10-16,29H,5,9H2,1-2H3. The van der Waals surface area contributed by atoms with Gasteiger partial charge < -0.3 is 19.3 Å². The van der Waals surface area contributed by atoms with Crippen LogP contribution in [-0.2, 0) is 9.47 Å². The molecule has 162 valence electrons. The molecule has 0 saturated carbocycles. The predicted molar refractivity (Wildman–Crippen MR) is 122 cm³/mol. The Morgan fingerprint density at radius 3 is 2.84 bits per heavy atom. The van der Waals surface area contributed by atoms with Crippen molar-refractivity contribution in [2.45, 2.75) is 19.8 Å². The number of nitrogens with zero attached hydrogens (tertiary/aromatic N) is 3. The average Bonchev–Trinajstić information content (AvgIpc) is 3.21. The van der Waals surface area contributed by atoms with Crippen LogP contribution in [0.2, 0.25) is 0 Å². The van der Waals surface area contributed by atoms with Crippen molar-refractivity contribution in [3.63, 3.8) is 0 Å². The van der Waals surface area contributed by atoms with Crippen LogP contribution in [0, 0.1) is 6.92 Å². The lowest BCUT2D eigenvalue weighted by atomic mass is 10.1. The number of aromatic hydroxyl groups is 1. The number of methoxy groups -OCH3 is 1. The monoisotopic (exact) mass is 429 g/mol. The first-order valence-electron chi connectivity index (χ1n) is 10.4. The number of aryl methyl sites for hydroxylation is 1. The molecule has 0 fully saturated rings. The van der Waals surface area contributed by atoms with Crippen molar-refractivity contribution in [1.29, 1.82) is 0 Å². The van der Waals surface area contributed by atoms with E-state index in [1.54, 1.807) is 18.4 Å². The van der Waals surface area contributed by atoms with Gasteiger partial charge >= 0.3 is 0 Å². The maximum atomic E-state index is 10.1. The van der Waals surface area contributed by atoms with E-state index in [9.17, 15) is 5.11 Å². The van der Waals surface area contributed by atoms with Gasteiger partial charge in [-0.05, 0) is 56.2 Å². The van der Waals surface area contributed by atoms with Crippen LogP contribution in [0.3, 0.4) is 0 Å². The van der Waals surface area contributed by atoms with Gasteiger partial charge in [0, 0.05) is 17.0 Å². The first kappa shape index (κ1) is 19.8. The Balaban J connectivity index is 1.81. The number of phenols is 1. The first-order chi connectivity index (χ1) is 15.7. The summed E-state index contributed by atoms with van der Waals surface area (Å²) in [7, 11) is 1.53. The van der Waals surface area contributed by atoms with Gasteiger partial charge in [0.1, 0.15) is 23.9 Å². The van der Waals surface area contributed by atoms with E-state index in [1.807, 2.05) is 42.2 Å². The Morgan fingerprint density at radius 1 is 1.19 bits per heavy atom. The Labute approximate surface area is 185 Å². The van der Waals surface area contributed by atoms with Gasteiger partial charge in [-0.25, -0.2) is 4.98 Å². The van der Waals surface area contributed by atoms with Gasteiger partial charge in [0.15, 0.2) is 23.6 Å². The zero-order valence-electron chi connectivity index (χ0n) is 17.9. The molecule has 32 heavy (non-hydrogen) atoms. The molecular weight excluding hydrogens is 406 g/mol. The minimum absolute atomic E-state index is 0.0755. The van der Waals surface area contributed by atoms with Gasteiger partial charge in [0.2, 0.25) is 5.88 Å². The van der Waals surface area contributed by atoms with Crippen molar-refractivity contribution >= 4 is 11.5 Å². The minimum Gasteiger partial charge on any atom is -0.504 e. The second-order valence-corrected chi connectivity index (χ2v) is 7.47. The molecule has 0 unspecified atom stereocenters. The average molecular weight is 429 g/mol. The molecule has 0 bridgehead atoms. The molecule has 7 nitrogen and oxygen atoms in total. The van der Waals surface area contributed by atoms with Gasteiger partial charge in [-0.3, -0.25) is 9.30 Å². The van der Waals surface area contributed by atoms with Crippen LogP contribution in [0.25, 0.3) is 16.9 Å². The fraction of sp³-hybridized carbons (Fsp3) is 0.160. The number of aromatic nitrogens is 2. The third kappa shape index (κ3) is 3.37. The van der Waals surface area contributed by atoms with Gasteiger partial charge in [-0.15, -0.1) is 0 Å². The topological polar surface area (TPSA) is 68.5 Å². The zero-order valence-corrected chi connectivity index (χ0v) is 17.9. The smallest absolute Gasteiger partial charge is 0.241 e. The molecule has 0 radical (unpaired) electrons. The third-order valence-corrected chi connectivity index (χ3v) is 5.47. The summed E-state index contributed by atoms with van der Waals surface area (Å²) in [4.78, 5) is 6.99. The highest BCUT2D eigenvalue weighted by Gasteiger charge is 2.29. The van der Waals surface area contributed by atoms with E-state index in [2.05, 4.69) is 16.6 Å². The van der Waals surface area contributed by atoms with Crippen LogP contribution in [0.15, 0.2) is 85.0 Å². The van der Waals surface area contributed by atoms with Gasteiger partial charge in [-0.1, -0.05) is 18.2 Å². The van der Waals surface area contributed by atoms with E-state index in [0.29, 0.717) is 11.6 Å². The zero-order chi connectivity index (χ0) is 22.1. The molecule has 0 atom stereocenters. The molecule has 1 aliphatic carbocycles. The molecule has 1 N–H and O–H groups in total. The quantitative estimate of drug-likeness (QED) is 0.587. The molecule has 0 amide bonds. The lowest BCUT2D eigenvalue weighted by molar-refractivity contribution is 0.250. The molecule has 2 aliphatic rings. The van der Waals surface area contributed by atoms with E-state index >= 15 is 0 Å². The Morgan fingerprint density at radius 2 is 2.09 bits per heavy atom. The van der Waals surface area contributed by atoms with Crippen LogP contribution < -0.4 is 9.64 Å². The second-order valence-electron chi connectivity index (χ2n) is 7.47. The van der Waals surface area contributed by atoms with Crippen LogP contribution in [-0.4, -0.2) is 21.6 Å². The van der Waals surface area contributed by atoms with Crippen molar-refractivity contribution < 1.29 is 19.3 Å². The summed E-state index contributed by atoms with van der Waals surface area (Å²) in [6.07, 6.45) is 12.6. The Kier molecular flexibility index (Phi) is 5.07. The maximum Gasteiger partial charge on any atom is 0.241 e. The van der Waals surface area contributed by atoms with E-state index in [0.717, 1.165) is 47.0 Å². The number of allylic oxidation sites excluding steroid dienone is 4. The summed E-state index contributed by atoms with van der Waals surface area (Å²) in [5, 5.41) is 10.1. The summed E-state index contributed by atoms with van der Waals surface area (Å²) in [5.41, 5.74) is 4.41. The summed E-state index contributed by atoms with van der Waals surface area (Å²) in [6.45, 7) is 2.04. The van der Waals surface area contributed by atoms with E-state index in [1.165, 1.54) is 19.6 Å². The summed E-state index contributed by atoms with van der Waals surface area (Å²) in [6, 6.07) is 11.2. The summed E-state index contributed by atoms with van der Waals surface area (Å²) in [5.74, 6) is 1.81. The van der Waals surface area contributed by atoms with E-state index in [4.69, 9.17) is 19.2 Å². The number of anilines is 1. The van der Waals surface area contributed by atoms with E-state index < -0.39 is 0 Å². The van der Waals surface area contributed by atoms with Gasteiger partial charge in [0.25, 0.3) is 0 Å². The van der Waals surface area contributed by atoms with Crippen LogP contribution in [0.5, 0.6) is 11.5 Å². The summed E-state index contributed by atoms with van der Waals surface area (Å²) >= 11 is 0. The van der Waals surface area contributed by atoms with Gasteiger partial charge in [-0.2, -0.15) is 0 Å². The third-order valence-electron chi connectivity index (χ3n) is 5.47. The van der Waals surface area contributed by atoms with Gasteiger partial charge in [0.05, 0.1) is 7.11 Å². The fourth-order valence-electron chi connectivity index (χ4n) is 3.98. The molecule has 1 aromatic carbocycles. The normalized spacial score (nSPS) is 15.1. The van der Waals surface area contributed by atoms with Crippen molar-refractivity contribution in [1.82, 2.24) is 9.38 Å². The van der Waals surface area contributed by atoms with Crippen LogP contribution in [0.4, 0.5) is 5.82 Å². The Bertz CT molecular complexity index is 1300. The number of ether oxygens (including phenoxy) is 3. The molecule has 3 heterocycles. The molecule has 0 saturated heterocycles. The van der Waals surface area contributed by atoms with Crippen molar-refractivity contribution in [2.75, 3.05) is 12.0 Å². The SMILES string of the molecule is COc1cc(-c2nc3cccc(C)n3c2N(C2=CC=CCC2)C2=COC=CO2)ccc1O. The number of fused-ring (bicyclic) bond motifs is 1. The van der Waals surface area contributed by atoms with E-state index in [-0.39, 0.29) is 5.75 Å². The molecule has 0 spiro atoms. The predicted octanol–water partition coefficient (Wildman–Crippen LogP) is 5.38. The van der Waals surface area contributed by atoms with Crippen LogP contribution >= 0.6 is 0 Å². The molecule has 2 aromatic heterocycles. The number of imidazole rings is 1. The molecular formula is C25H23N3O4. The highest BCUT2D eigenvalue weighted by atomic mass is 16.5. The lowest BCUT2D eigenvalue weighted by Gasteiger charge is -2.30. The number of hydrogen-bond acceptors (Lipinski definition) is 6. The van der Waals surface area contributed by atoms with Crippen LogP contribution in [0.1, 0.15) is 18.5 Å².